The van der Waals surface area contributed by atoms with Gasteiger partial charge in [-0.25, -0.2) is 13.8 Å². The highest BCUT2D eigenvalue weighted by Crippen LogP contribution is 2.34. The lowest BCUT2D eigenvalue weighted by molar-refractivity contribution is 0.0952. The van der Waals surface area contributed by atoms with Gasteiger partial charge in [0.25, 0.3) is 11.5 Å². The van der Waals surface area contributed by atoms with Crippen LogP contribution < -0.4 is 15.8 Å². The first kappa shape index (κ1) is 30.5. The molecule has 3 aliphatic rings. The van der Waals surface area contributed by atoms with Crippen LogP contribution in [0.2, 0.25) is 0 Å². The van der Waals surface area contributed by atoms with Crippen molar-refractivity contribution in [3.8, 4) is 16.9 Å². The zero-order valence-electron chi connectivity index (χ0n) is 26.4. The van der Waals surface area contributed by atoms with Crippen LogP contribution in [0, 0.1) is 30.4 Å². The molecule has 2 saturated heterocycles. The van der Waals surface area contributed by atoms with Crippen molar-refractivity contribution in [1.29, 1.82) is 0 Å². The number of aromatic nitrogens is 3. The summed E-state index contributed by atoms with van der Waals surface area (Å²) >= 11 is 0. The molecule has 240 valence electrons. The minimum atomic E-state index is -0.863. The summed E-state index contributed by atoms with van der Waals surface area (Å²) in [6.45, 7) is 8.57. The number of likely N-dealkylation sites (tertiary alicyclic amines) is 1. The quantitative estimate of drug-likeness (QED) is 0.276. The highest BCUT2D eigenvalue weighted by atomic mass is 19.1. The molecular weight excluding hydrogens is 586 g/mol. The van der Waals surface area contributed by atoms with Crippen molar-refractivity contribution in [2.75, 3.05) is 37.6 Å². The average molecular weight is 627 g/mol. The third-order valence-electron chi connectivity index (χ3n) is 9.98. The Hall–Kier alpha value is -4.18. The Morgan fingerprint density at radius 1 is 0.913 bits per heavy atom. The second-order valence-electron chi connectivity index (χ2n) is 13.3. The predicted octanol–water partition coefficient (Wildman–Crippen LogP) is 5.87. The van der Waals surface area contributed by atoms with E-state index in [4.69, 9.17) is 9.97 Å². The molecule has 0 atom stereocenters. The maximum Gasteiger partial charge on any atom is 0.256 e. The molecule has 2 aromatic heterocycles. The molecule has 2 aliphatic heterocycles. The SMILES string of the molecule is Cc1ccc(C(=O)NCC2CC2)cc1-c1nc(N2CCC(N3CCC(C)CC3)CC2)nc2c1ccc(=O)n2-c1c(F)cccc1F. The number of carbonyl (C=O) groups is 1. The Labute approximate surface area is 267 Å². The van der Waals surface area contributed by atoms with E-state index in [1.165, 1.54) is 25.0 Å². The van der Waals surface area contributed by atoms with Crippen molar-refractivity contribution in [2.45, 2.75) is 58.4 Å². The van der Waals surface area contributed by atoms with Gasteiger partial charge < -0.3 is 15.1 Å². The van der Waals surface area contributed by atoms with Crippen LogP contribution in [0.25, 0.3) is 28.0 Å². The van der Waals surface area contributed by atoms with Gasteiger partial charge in [-0.05, 0) is 106 Å². The molecule has 1 aliphatic carbocycles. The number of amides is 1. The molecule has 10 heteroatoms. The molecule has 3 fully saturated rings. The summed E-state index contributed by atoms with van der Waals surface area (Å²) in [5.41, 5.74) is 1.62. The van der Waals surface area contributed by atoms with Gasteiger partial charge in [0.05, 0.1) is 5.69 Å². The van der Waals surface area contributed by atoms with E-state index in [-0.39, 0.29) is 11.6 Å². The minimum absolute atomic E-state index is 0.117. The van der Waals surface area contributed by atoms with Crippen LogP contribution in [-0.4, -0.2) is 64.1 Å². The number of hydrogen-bond donors (Lipinski definition) is 1. The lowest BCUT2D eigenvalue weighted by Crippen LogP contribution is -2.48. The average Bonchev–Trinajstić information content (AvgIpc) is 3.89. The number of halogens is 2. The van der Waals surface area contributed by atoms with Crippen LogP contribution in [0.1, 0.15) is 61.4 Å². The number of hydrogen-bond acceptors (Lipinski definition) is 6. The largest absolute Gasteiger partial charge is 0.352 e. The van der Waals surface area contributed by atoms with Crippen molar-refractivity contribution < 1.29 is 13.6 Å². The lowest BCUT2D eigenvalue weighted by atomic mass is 9.95. The number of benzene rings is 2. The minimum Gasteiger partial charge on any atom is -0.352 e. The molecule has 1 N–H and O–H groups in total. The van der Waals surface area contributed by atoms with Gasteiger partial charge in [0, 0.05) is 48.3 Å². The molecule has 4 heterocycles. The summed E-state index contributed by atoms with van der Waals surface area (Å²) in [6, 6.07) is 12.4. The van der Waals surface area contributed by atoms with Gasteiger partial charge >= 0.3 is 0 Å². The van der Waals surface area contributed by atoms with Gasteiger partial charge in [0.15, 0.2) is 5.65 Å². The maximum absolute atomic E-state index is 15.2. The number of aryl methyl sites for hydroxylation is 1. The summed E-state index contributed by atoms with van der Waals surface area (Å²) in [4.78, 5) is 41.1. The fourth-order valence-corrected chi connectivity index (χ4v) is 6.87. The number of para-hydroxylation sites is 1. The number of anilines is 1. The van der Waals surface area contributed by atoms with Crippen LogP contribution >= 0.6 is 0 Å². The van der Waals surface area contributed by atoms with Crippen LogP contribution in [0.4, 0.5) is 14.7 Å². The summed E-state index contributed by atoms with van der Waals surface area (Å²) in [6.07, 6.45) is 6.60. The fraction of sp³-hybridized carbons (Fsp3) is 0.444. The first-order valence-electron chi connectivity index (χ1n) is 16.5. The van der Waals surface area contributed by atoms with Crippen LogP contribution in [-0.2, 0) is 0 Å². The molecular formula is C36H40F2N6O2. The predicted molar refractivity (Wildman–Crippen MR) is 175 cm³/mol. The van der Waals surface area contributed by atoms with Crippen molar-refractivity contribution >= 4 is 22.9 Å². The Kier molecular flexibility index (Phi) is 8.31. The molecule has 46 heavy (non-hydrogen) atoms. The van der Waals surface area contributed by atoms with E-state index in [0.29, 0.717) is 46.7 Å². The Morgan fingerprint density at radius 3 is 2.33 bits per heavy atom. The number of pyridine rings is 1. The summed E-state index contributed by atoms with van der Waals surface area (Å²) < 4.78 is 31.4. The van der Waals surface area contributed by atoms with E-state index in [2.05, 4.69) is 22.0 Å². The smallest absolute Gasteiger partial charge is 0.256 e. The second-order valence-corrected chi connectivity index (χ2v) is 13.3. The zero-order chi connectivity index (χ0) is 31.9. The van der Waals surface area contributed by atoms with Gasteiger partial charge in [0.1, 0.15) is 17.3 Å². The Balaban J connectivity index is 1.33. The normalized spacial score (nSPS) is 18.3. The number of carbonyl (C=O) groups excluding carboxylic acids is 1. The summed E-state index contributed by atoms with van der Waals surface area (Å²) in [5.74, 6) is -0.181. The van der Waals surface area contributed by atoms with Gasteiger partial charge in [-0.2, -0.15) is 4.98 Å². The van der Waals surface area contributed by atoms with Crippen molar-refractivity contribution in [2.24, 2.45) is 11.8 Å². The third kappa shape index (κ3) is 6.02. The lowest BCUT2D eigenvalue weighted by Gasteiger charge is -2.41. The maximum atomic E-state index is 15.2. The molecule has 1 saturated carbocycles. The molecule has 0 spiro atoms. The van der Waals surface area contributed by atoms with E-state index in [0.717, 1.165) is 80.0 Å². The molecule has 4 aromatic rings. The number of nitrogens with zero attached hydrogens (tertiary/aromatic N) is 5. The molecule has 0 radical (unpaired) electrons. The van der Waals surface area contributed by atoms with Gasteiger partial charge in [0.2, 0.25) is 5.95 Å². The first-order valence-corrected chi connectivity index (χ1v) is 16.5. The summed E-state index contributed by atoms with van der Waals surface area (Å²) in [5, 5.41) is 3.49. The second kappa shape index (κ2) is 12.5. The summed E-state index contributed by atoms with van der Waals surface area (Å²) in [7, 11) is 0. The number of rotatable bonds is 7. The van der Waals surface area contributed by atoms with Gasteiger partial charge in [-0.1, -0.05) is 19.1 Å². The van der Waals surface area contributed by atoms with E-state index in [1.54, 1.807) is 12.1 Å². The number of nitrogens with one attached hydrogen (secondary N) is 1. The molecule has 7 rings (SSSR count). The molecule has 2 aromatic carbocycles. The van der Waals surface area contributed by atoms with Crippen LogP contribution in [0.15, 0.2) is 53.3 Å². The molecule has 0 bridgehead atoms. The molecule has 0 unspecified atom stereocenters. The zero-order valence-corrected chi connectivity index (χ0v) is 26.4. The topological polar surface area (TPSA) is 83.4 Å². The molecule has 1 amide bonds. The van der Waals surface area contributed by atoms with Crippen LogP contribution in [0.5, 0.6) is 0 Å². The molecule has 8 nitrogen and oxygen atoms in total. The first-order chi connectivity index (χ1) is 22.3. The van der Waals surface area contributed by atoms with E-state index in [9.17, 15) is 9.59 Å². The van der Waals surface area contributed by atoms with Gasteiger partial charge in [-0.3, -0.25) is 14.2 Å². The monoisotopic (exact) mass is 626 g/mol. The van der Waals surface area contributed by atoms with E-state index in [1.807, 2.05) is 19.1 Å². The highest BCUT2D eigenvalue weighted by molar-refractivity contribution is 5.98. The fourth-order valence-electron chi connectivity index (χ4n) is 6.87. The number of piperidine rings is 2. The standard InChI is InChI=1S/C36H40F2N6O2/c1-22-12-16-42(17-13-22)26-14-18-43(19-15-26)36-40-32(28-20-25(9-6-23(28)2)35(46)39-21-24-7-8-24)27-10-11-31(45)44(34(27)41-36)33-29(37)4-3-5-30(33)38/h3-6,9-11,20,22,24,26H,7-8,12-19,21H2,1-2H3,(H,39,46). The van der Waals surface area contributed by atoms with E-state index >= 15 is 8.78 Å². The van der Waals surface area contributed by atoms with Gasteiger partial charge in [-0.15, -0.1) is 0 Å². The Morgan fingerprint density at radius 2 is 1.63 bits per heavy atom. The number of fused-ring (bicyclic) bond motifs is 1. The van der Waals surface area contributed by atoms with Crippen LogP contribution in [0.3, 0.4) is 0 Å². The highest BCUT2D eigenvalue weighted by Gasteiger charge is 2.30. The Bertz CT molecular complexity index is 1820. The van der Waals surface area contributed by atoms with Crippen molar-refractivity contribution in [3.63, 3.8) is 0 Å². The van der Waals surface area contributed by atoms with Crippen molar-refractivity contribution in [1.82, 2.24) is 24.8 Å². The van der Waals surface area contributed by atoms with Crippen molar-refractivity contribution in [3.05, 3.63) is 81.6 Å². The van der Waals surface area contributed by atoms with E-state index < -0.39 is 22.9 Å². The third-order valence-corrected chi connectivity index (χ3v) is 9.98.